The van der Waals surface area contributed by atoms with Crippen molar-refractivity contribution < 1.29 is 19.4 Å². The van der Waals surface area contributed by atoms with Gasteiger partial charge in [-0.3, -0.25) is 5.32 Å². The van der Waals surface area contributed by atoms with E-state index in [0.29, 0.717) is 11.6 Å². The molecule has 0 saturated carbocycles. The first kappa shape index (κ1) is 14.2. The second-order valence-electron chi connectivity index (χ2n) is 4.58. The zero-order valence-corrected chi connectivity index (χ0v) is 10.8. The summed E-state index contributed by atoms with van der Waals surface area (Å²) in [5, 5.41) is 11.1. The Balaban J connectivity index is 2.59. The molecule has 6 heteroatoms. The number of rotatable bonds is 4. The Morgan fingerprint density at radius 1 is 1.50 bits per heavy atom. The highest BCUT2D eigenvalue weighted by Crippen LogP contribution is 2.15. The van der Waals surface area contributed by atoms with Crippen LogP contribution in [0.5, 0.6) is 5.75 Å². The van der Waals surface area contributed by atoms with Gasteiger partial charge in [-0.05, 0) is 26.8 Å². The molecular weight excluding hydrogens is 236 g/mol. The molecule has 6 nitrogen and oxygen atoms in total. The maximum atomic E-state index is 11.5. The van der Waals surface area contributed by atoms with Crippen LogP contribution in [0, 0.1) is 0 Å². The van der Waals surface area contributed by atoms with Crippen molar-refractivity contribution in [2.75, 3.05) is 18.5 Å². The van der Waals surface area contributed by atoms with Crippen LogP contribution in [0.3, 0.4) is 0 Å². The van der Waals surface area contributed by atoms with Gasteiger partial charge in [-0.2, -0.15) is 0 Å². The smallest absolute Gasteiger partial charge is 0.413 e. The van der Waals surface area contributed by atoms with E-state index < -0.39 is 11.7 Å². The molecule has 1 aromatic heterocycles. The Bertz CT molecular complexity index is 401. The van der Waals surface area contributed by atoms with E-state index in [1.165, 1.54) is 6.20 Å². The molecule has 0 radical (unpaired) electrons. The van der Waals surface area contributed by atoms with Gasteiger partial charge >= 0.3 is 6.09 Å². The summed E-state index contributed by atoms with van der Waals surface area (Å²) in [7, 11) is 0. The summed E-state index contributed by atoms with van der Waals surface area (Å²) >= 11 is 0. The third kappa shape index (κ3) is 5.49. The monoisotopic (exact) mass is 254 g/mol. The summed E-state index contributed by atoms with van der Waals surface area (Å²) in [6, 6.07) is 3.19. The Hall–Kier alpha value is -1.82. The molecule has 0 aliphatic rings. The first-order chi connectivity index (χ1) is 8.40. The van der Waals surface area contributed by atoms with E-state index in [1.54, 1.807) is 32.9 Å². The van der Waals surface area contributed by atoms with E-state index in [0.717, 1.165) is 0 Å². The highest BCUT2D eigenvalue weighted by molar-refractivity contribution is 5.83. The molecule has 1 aromatic rings. The quantitative estimate of drug-likeness (QED) is 0.856. The van der Waals surface area contributed by atoms with Gasteiger partial charge in [0.15, 0.2) is 0 Å². The number of carbonyl (C=O) groups is 1. The molecule has 0 atom stereocenters. The lowest BCUT2D eigenvalue weighted by atomic mass is 10.2. The summed E-state index contributed by atoms with van der Waals surface area (Å²) in [4.78, 5) is 15.5. The summed E-state index contributed by atoms with van der Waals surface area (Å²) in [6.45, 7) is 5.45. The van der Waals surface area contributed by atoms with Crippen LogP contribution in [-0.4, -0.2) is 35.0 Å². The van der Waals surface area contributed by atoms with Crippen LogP contribution in [0.25, 0.3) is 0 Å². The number of nitrogens with one attached hydrogen (secondary N) is 1. The van der Waals surface area contributed by atoms with Gasteiger partial charge in [0.05, 0.1) is 6.61 Å². The summed E-state index contributed by atoms with van der Waals surface area (Å²) in [5.41, 5.74) is -0.560. The van der Waals surface area contributed by atoms with Gasteiger partial charge in [-0.1, -0.05) is 0 Å². The predicted molar refractivity (Wildman–Crippen MR) is 66.7 cm³/mol. The van der Waals surface area contributed by atoms with E-state index in [1.807, 2.05) is 0 Å². The zero-order valence-electron chi connectivity index (χ0n) is 10.8. The Morgan fingerprint density at radius 2 is 2.22 bits per heavy atom. The van der Waals surface area contributed by atoms with Crippen LogP contribution in [0.15, 0.2) is 18.3 Å². The van der Waals surface area contributed by atoms with Crippen molar-refractivity contribution in [3.05, 3.63) is 18.3 Å². The van der Waals surface area contributed by atoms with Crippen LogP contribution in [0.4, 0.5) is 10.6 Å². The van der Waals surface area contributed by atoms with Crippen LogP contribution < -0.4 is 10.1 Å². The minimum Gasteiger partial charge on any atom is -0.491 e. The van der Waals surface area contributed by atoms with Gasteiger partial charge in [0.1, 0.15) is 23.8 Å². The van der Waals surface area contributed by atoms with E-state index >= 15 is 0 Å². The first-order valence-electron chi connectivity index (χ1n) is 5.60. The Labute approximate surface area is 106 Å². The number of anilines is 1. The predicted octanol–water partition coefficient (Wildman–Crippen LogP) is 1.80. The molecule has 0 aliphatic heterocycles. The van der Waals surface area contributed by atoms with E-state index in [9.17, 15) is 4.79 Å². The minimum atomic E-state index is -0.575. The Morgan fingerprint density at radius 3 is 2.83 bits per heavy atom. The Kier molecular flexibility index (Phi) is 4.91. The van der Waals surface area contributed by atoms with E-state index in [-0.39, 0.29) is 13.2 Å². The minimum absolute atomic E-state index is 0.0723. The standard InChI is InChI=1S/C12H18N2O4/c1-12(2,3)18-11(16)14-10-8-9(4-5-13-10)17-7-6-15/h4-5,8,15H,6-7H2,1-3H3,(H,13,14,16). The van der Waals surface area contributed by atoms with Crippen LogP contribution in [-0.2, 0) is 4.74 Å². The number of ether oxygens (including phenoxy) is 2. The largest absolute Gasteiger partial charge is 0.491 e. The molecule has 1 heterocycles. The van der Waals surface area contributed by atoms with Crippen LogP contribution >= 0.6 is 0 Å². The molecule has 0 saturated heterocycles. The average Bonchev–Trinajstić information content (AvgIpc) is 2.24. The molecule has 0 unspecified atom stereocenters. The fourth-order valence-electron chi connectivity index (χ4n) is 1.14. The van der Waals surface area contributed by atoms with Crippen molar-refractivity contribution in [3.8, 4) is 5.75 Å². The number of aliphatic hydroxyl groups excluding tert-OH is 1. The van der Waals surface area contributed by atoms with Crippen LogP contribution in [0.2, 0.25) is 0 Å². The molecule has 2 N–H and O–H groups in total. The number of pyridine rings is 1. The topological polar surface area (TPSA) is 80.7 Å². The second kappa shape index (κ2) is 6.20. The molecular formula is C12H18N2O4. The average molecular weight is 254 g/mol. The molecule has 0 spiro atoms. The number of amides is 1. The van der Waals surface area contributed by atoms with Crippen molar-refractivity contribution in [1.29, 1.82) is 0 Å². The van der Waals surface area contributed by atoms with Gasteiger partial charge in [-0.15, -0.1) is 0 Å². The normalized spacial score (nSPS) is 10.9. The molecule has 0 bridgehead atoms. The fourth-order valence-corrected chi connectivity index (χ4v) is 1.14. The molecule has 0 aromatic carbocycles. The number of aromatic nitrogens is 1. The van der Waals surface area contributed by atoms with Gasteiger partial charge in [0, 0.05) is 12.3 Å². The lowest BCUT2D eigenvalue weighted by Gasteiger charge is -2.19. The van der Waals surface area contributed by atoms with Gasteiger partial charge < -0.3 is 14.6 Å². The highest BCUT2D eigenvalue weighted by atomic mass is 16.6. The second-order valence-corrected chi connectivity index (χ2v) is 4.58. The molecule has 0 fully saturated rings. The number of hydrogen-bond donors (Lipinski definition) is 2. The van der Waals surface area contributed by atoms with Crippen molar-refractivity contribution in [1.82, 2.24) is 4.98 Å². The number of hydrogen-bond acceptors (Lipinski definition) is 5. The summed E-state index contributed by atoms with van der Waals surface area (Å²) < 4.78 is 10.3. The number of nitrogens with zero attached hydrogens (tertiary/aromatic N) is 1. The molecule has 1 amide bonds. The third-order valence-corrected chi connectivity index (χ3v) is 1.72. The lowest BCUT2D eigenvalue weighted by molar-refractivity contribution is 0.0635. The zero-order chi connectivity index (χ0) is 13.6. The SMILES string of the molecule is CC(C)(C)OC(=O)Nc1cc(OCCO)ccn1. The molecule has 0 aliphatic carbocycles. The number of carbonyl (C=O) groups excluding carboxylic acids is 1. The van der Waals surface area contributed by atoms with Gasteiger partial charge in [0.2, 0.25) is 0 Å². The maximum absolute atomic E-state index is 11.5. The van der Waals surface area contributed by atoms with Crippen molar-refractivity contribution in [2.24, 2.45) is 0 Å². The highest BCUT2D eigenvalue weighted by Gasteiger charge is 2.16. The summed E-state index contributed by atoms with van der Waals surface area (Å²) in [5.74, 6) is 0.852. The van der Waals surface area contributed by atoms with Gasteiger partial charge in [0.25, 0.3) is 0 Å². The van der Waals surface area contributed by atoms with Crippen molar-refractivity contribution >= 4 is 11.9 Å². The van der Waals surface area contributed by atoms with E-state index in [4.69, 9.17) is 14.6 Å². The fraction of sp³-hybridized carbons (Fsp3) is 0.500. The molecule has 18 heavy (non-hydrogen) atoms. The van der Waals surface area contributed by atoms with Crippen molar-refractivity contribution in [2.45, 2.75) is 26.4 Å². The summed E-state index contributed by atoms with van der Waals surface area (Å²) in [6.07, 6.45) is 0.925. The third-order valence-electron chi connectivity index (χ3n) is 1.72. The van der Waals surface area contributed by atoms with Crippen molar-refractivity contribution in [3.63, 3.8) is 0 Å². The lowest BCUT2D eigenvalue weighted by Crippen LogP contribution is -2.27. The first-order valence-corrected chi connectivity index (χ1v) is 5.60. The molecule has 1 rings (SSSR count). The number of aliphatic hydroxyl groups is 1. The maximum Gasteiger partial charge on any atom is 0.413 e. The van der Waals surface area contributed by atoms with Gasteiger partial charge in [-0.25, -0.2) is 9.78 Å². The van der Waals surface area contributed by atoms with Crippen LogP contribution in [0.1, 0.15) is 20.8 Å². The molecule has 100 valence electrons. The van der Waals surface area contributed by atoms with E-state index in [2.05, 4.69) is 10.3 Å².